The van der Waals surface area contributed by atoms with Gasteiger partial charge in [-0.3, -0.25) is 14.7 Å². The minimum atomic E-state index is -0.661. The van der Waals surface area contributed by atoms with Crippen LogP contribution in [0.5, 0.6) is 0 Å². The predicted octanol–water partition coefficient (Wildman–Crippen LogP) is 3.03. The van der Waals surface area contributed by atoms with Crippen LogP contribution in [0.4, 0.5) is 0 Å². The molecule has 0 bridgehead atoms. The average molecular weight is 302 g/mol. The Balaban J connectivity index is 1.83. The molecule has 1 N–H and O–H groups in total. The number of thiophene rings is 1. The van der Waals surface area contributed by atoms with E-state index in [1.807, 2.05) is 24.5 Å². The standard InChI is InChI=1S/C16H18N2O2S/c19-16(20)13-5-9-18(10-6-13)15(14-2-1-11-21-14)12-3-7-17-8-4-12/h1-4,7-8,11,13,15H,5-6,9-10H2,(H,19,20). The summed E-state index contributed by atoms with van der Waals surface area (Å²) in [4.78, 5) is 18.9. The van der Waals surface area contributed by atoms with E-state index < -0.39 is 5.97 Å². The molecule has 0 saturated carbocycles. The van der Waals surface area contributed by atoms with Gasteiger partial charge in [0.15, 0.2) is 0 Å². The molecule has 1 aliphatic rings. The van der Waals surface area contributed by atoms with E-state index in [9.17, 15) is 4.79 Å². The summed E-state index contributed by atoms with van der Waals surface area (Å²) in [6.07, 6.45) is 5.09. The molecule has 1 saturated heterocycles. The number of rotatable bonds is 4. The third kappa shape index (κ3) is 3.14. The van der Waals surface area contributed by atoms with Crippen LogP contribution in [-0.4, -0.2) is 34.0 Å². The lowest BCUT2D eigenvalue weighted by molar-refractivity contribution is -0.143. The summed E-state index contributed by atoms with van der Waals surface area (Å²) >= 11 is 1.75. The minimum Gasteiger partial charge on any atom is -0.481 e. The maximum atomic E-state index is 11.1. The van der Waals surface area contributed by atoms with Crippen LogP contribution in [0.3, 0.4) is 0 Å². The van der Waals surface area contributed by atoms with Crippen LogP contribution in [0.25, 0.3) is 0 Å². The molecule has 1 fully saturated rings. The summed E-state index contributed by atoms with van der Waals surface area (Å²) < 4.78 is 0. The van der Waals surface area contributed by atoms with Gasteiger partial charge in [-0.25, -0.2) is 0 Å². The van der Waals surface area contributed by atoms with E-state index in [0.717, 1.165) is 25.9 Å². The Morgan fingerprint density at radius 3 is 2.57 bits per heavy atom. The monoisotopic (exact) mass is 302 g/mol. The molecule has 0 aromatic carbocycles. The van der Waals surface area contributed by atoms with Crippen molar-refractivity contribution in [2.24, 2.45) is 5.92 Å². The highest BCUT2D eigenvalue weighted by Gasteiger charge is 2.30. The number of likely N-dealkylation sites (tertiary alicyclic amines) is 1. The number of aliphatic carboxylic acids is 1. The van der Waals surface area contributed by atoms with Gasteiger partial charge in [-0.15, -0.1) is 11.3 Å². The minimum absolute atomic E-state index is 0.192. The van der Waals surface area contributed by atoms with Gasteiger partial charge in [-0.05, 0) is 55.1 Å². The van der Waals surface area contributed by atoms with Gasteiger partial charge in [-0.2, -0.15) is 0 Å². The normalized spacial score (nSPS) is 18.5. The average Bonchev–Trinajstić information content (AvgIpc) is 3.03. The summed E-state index contributed by atoms with van der Waals surface area (Å²) in [7, 11) is 0. The molecule has 1 atom stereocenters. The number of hydrogen-bond acceptors (Lipinski definition) is 4. The first kappa shape index (κ1) is 14.2. The molecule has 0 aliphatic carbocycles. The van der Waals surface area contributed by atoms with Crippen LogP contribution >= 0.6 is 11.3 Å². The fourth-order valence-corrected chi connectivity index (χ4v) is 3.84. The highest BCUT2D eigenvalue weighted by molar-refractivity contribution is 7.10. The Hall–Kier alpha value is -1.72. The Bertz CT molecular complexity index is 578. The van der Waals surface area contributed by atoms with Crippen LogP contribution in [0.1, 0.15) is 29.3 Å². The molecule has 110 valence electrons. The molecule has 0 amide bonds. The SMILES string of the molecule is O=C(O)C1CCN(C(c2ccncc2)c2cccs2)CC1. The molecule has 2 aromatic rings. The van der Waals surface area contributed by atoms with Gasteiger partial charge in [-0.1, -0.05) is 6.07 Å². The van der Waals surface area contributed by atoms with Gasteiger partial charge in [0, 0.05) is 17.3 Å². The molecule has 5 heteroatoms. The van der Waals surface area contributed by atoms with Gasteiger partial charge >= 0.3 is 5.97 Å². The first-order valence-electron chi connectivity index (χ1n) is 7.16. The number of aromatic nitrogens is 1. The van der Waals surface area contributed by atoms with Crippen LogP contribution in [0.2, 0.25) is 0 Å². The van der Waals surface area contributed by atoms with E-state index in [0.29, 0.717) is 0 Å². The summed E-state index contributed by atoms with van der Waals surface area (Å²) in [5.74, 6) is -0.853. The number of nitrogens with zero attached hydrogens (tertiary/aromatic N) is 2. The fraction of sp³-hybridized carbons (Fsp3) is 0.375. The zero-order valence-electron chi connectivity index (χ0n) is 11.7. The summed E-state index contributed by atoms with van der Waals surface area (Å²) in [6.45, 7) is 1.64. The highest BCUT2D eigenvalue weighted by Crippen LogP contribution is 2.34. The molecule has 3 rings (SSSR count). The first-order valence-corrected chi connectivity index (χ1v) is 8.04. The van der Waals surface area contributed by atoms with Crippen LogP contribution < -0.4 is 0 Å². The Labute approximate surface area is 128 Å². The van der Waals surface area contributed by atoms with Gasteiger partial charge in [0.05, 0.1) is 12.0 Å². The van der Waals surface area contributed by atoms with Gasteiger partial charge in [0.1, 0.15) is 0 Å². The molecular weight excluding hydrogens is 284 g/mol. The van der Waals surface area contributed by atoms with Crippen molar-refractivity contribution in [3.8, 4) is 0 Å². The second-order valence-corrected chi connectivity index (χ2v) is 6.33. The number of carboxylic acids is 1. The number of carboxylic acid groups (broad SMARTS) is 1. The summed E-state index contributed by atoms with van der Waals surface area (Å²) in [5.41, 5.74) is 1.22. The van der Waals surface area contributed by atoms with E-state index >= 15 is 0 Å². The van der Waals surface area contributed by atoms with Crippen molar-refractivity contribution < 1.29 is 9.90 Å². The fourth-order valence-electron chi connectivity index (χ4n) is 2.95. The second kappa shape index (κ2) is 6.37. The summed E-state index contributed by atoms with van der Waals surface area (Å²) in [6, 6.07) is 8.53. The Kier molecular flexibility index (Phi) is 4.31. The number of carbonyl (C=O) groups is 1. The topological polar surface area (TPSA) is 53.4 Å². The third-order valence-electron chi connectivity index (χ3n) is 4.08. The maximum Gasteiger partial charge on any atom is 0.306 e. The van der Waals surface area contributed by atoms with Gasteiger partial charge < -0.3 is 5.11 Å². The van der Waals surface area contributed by atoms with Crippen molar-refractivity contribution in [2.45, 2.75) is 18.9 Å². The van der Waals surface area contributed by atoms with E-state index in [1.54, 1.807) is 11.3 Å². The van der Waals surface area contributed by atoms with Gasteiger partial charge in [0.25, 0.3) is 0 Å². The molecule has 3 heterocycles. The number of hydrogen-bond donors (Lipinski definition) is 1. The molecular formula is C16H18N2O2S. The molecule has 1 aliphatic heterocycles. The lowest BCUT2D eigenvalue weighted by atomic mass is 9.94. The number of piperidine rings is 1. The lowest BCUT2D eigenvalue weighted by Gasteiger charge is -2.36. The molecule has 21 heavy (non-hydrogen) atoms. The Morgan fingerprint density at radius 1 is 1.29 bits per heavy atom. The van der Waals surface area contributed by atoms with Crippen molar-refractivity contribution in [1.82, 2.24) is 9.88 Å². The van der Waals surface area contributed by atoms with E-state index in [-0.39, 0.29) is 12.0 Å². The van der Waals surface area contributed by atoms with Crippen molar-refractivity contribution in [3.63, 3.8) is 0 Å². The van der Waals surface area contributed by atoms with Gasteiger partial charge in [0.2, 0.25) is 0 Å². The van der Waals surface area contributed by atoms with Crippen LogP contribution in [0, 0.1) is 5.92 Å². The van der Waals surface area contributed by atoms with E-state index in [4.69, 9.17) is 5.11 Å². The van der Waals surface area contributed by atoms with E-state index in [2.05, 4.69) is 27.4 Å². The first-order chi connectivity index (χ1) is 10.3. The smallest absolute Gasteiger partial charge is 0.306 e. The van der Waals surface area contributed by atoms with Crippen molar-refractivity contribution in [3.05, 3.63) is 52.5 Å². The molecule has 1 unspecified atom stereocenters. The van der Waals surface area contributed by atoms with Crippen molar-refractivity contribution >= 4 is 17.3 Å². The van der Waals surface area contributed by atoms with E-state index in [1.165, 1.54) is 10.4 Å². The highest BCUT2D eigenvalue weighted by atomic mass is 32.1. The number of pyridine rings is 1. The quantitative estimate of drug-likeness (QED) is 0.943. The molecule has 4 nitrogen and oxygen atoms in total. The van der Waals surface area contributed by atoms with Crippen LogP contribution in [-0.2, 0) is 4.79 Å². The zero-order valence-corrected chi connectivity index (χ0v) is 12.5. The van der Waals surface area contributed by atoms with Crippen LogP contribution in [0.15, 0.2) is 42.0 Å². The molecule has 2 aromatic heterocycles. The van der Waals surface area contributed by atoms with Crippen molar-refractivity contribution in [2.75, 3.05) is 13.1 Å². The summed E-state index contributed by atoms with van der Waals surface area (Å²) in [5, 5.41) is 11.2. The second-order valence-electron chi connectivity index (χ2n) is 5.35. The van der Waals surface area contributed by atoms with Crippen molar-refractivity contribution in [1.29, 1.82) is 0 Å². The molecule has 0 spiro atoms. The predicted molar refractivity (Wildman–Crippen MR) is 82.3 cm³/mol. The zero-order chi connectivity index (χ0) is 14.7. The Morgan fingerprint density at radius 2 is 2.00 bits per heavy atom. The molecule has 0 radical (unpaired) electrons. The third-order valence-corrected chi connectivity index (χ3v) is 5.00. The maximum absolute atomic E-state index is 11.1. The largest absolute Gasteiger partial charge is 0.481 e. The lowest BCUT2D eigenvalue weighted by Crippen LogP contribution is -2.39.